The highest BCUT2D eigenvalue weighted by Gasteiger charge is 2.30. The van der Waals surface area contributed by atoms with Gasteiger partial charge in [-0.05, 0) is 31.0 Å². The van der Waals surface area contributed by atoms with Gasteiger partial charge in [0.2, 0.25) is 0 Å². The molecule has 23 heavy (non-hydrogen) atoms. The fourth-order valence-corrected chi connectivity index (χ4v) is 1.82. The lowest BCUT2D eigenvalue weighted by Crippen LogP contribution is -2.29. The van der Waals surface area contributed by atoms with Crippen LogP contribution in [0.1, 0.15) is 31.2 Å². The summed E-state index contributed by atoms with van der Waals surface area (Å²) in [5.74, 6) is -0.278. The Morgan fingerprint density at radius 3 is 2.57 bits per heavy atom. The number of hydrogen-bond acceptors (Lipinski definition) is 3. The van der Waals surface area contributed by atoms with Crippen LogP contribution in [0.25, 0.3) is 0 Å². The van der Waals surface area contributed by atoms with Gasteiger partial charge >= 0.3 is 18.2 Å². The average Bonchev–Trinajstić information content (AvgIpc) is 2.49. The highest BCUT2D eigenvalue weighted by molar-refractivity contribution is 5.89. The lowest BCUT2D eigenvalue weighted by atomic mass is 10.2. The molecule has 2 N–H and O–H groups in total. The van der Waals surface area contributed by atoms with Crippen molar-refractivity contribution >= 4 is 17.7 Å². The lowest BCUT2D eigenvalue weighted by molar-refractivity contribution is -0.140. The van der Waals surface area contributed by atoms with E-state index in [0.717, 1.165) is 18.6 Å². The van der Waals surface area contributed by atoms with Crippen LogP contribution in [0.5, 0.6) is 0 Å². The second-order valence-electron chi connectivity index (χ2n) is 4.85. The monoisotopic (exact) mass is 332 g/mol. The first-order chi connectivity index (χ1) is 10.8. The fourth-order valence-electron chi connectivity index (χ4n) is 1.82. The molecule has 0 unspecified atom stereocenters. The molecule has 1 rings (SSSR count). The third kappa shape index (κ3) is 7.53. The molecule has 0 radical (unpaired) electrons. The summed E-state index contributed by atoms with van der Waals surface area (Å²) in [7, 11) is 1.32. The standard InChI is InChI=1S/C15H19F3N2O3/c1-23-13(21)8-3-2-4-9-19-14(22)20-12-7-5-6-11(10-12)15(16,17)18/h5-7,10H,2-4,8-9H2,1H3,(H2,19,20,22). The molecule has 0 aromatic heterocycles. The number of anilines is 1. The van der Waals surface area contributed by atoms with E-state index >= 15 is 0 Å². The maximum absolute atomic E-state index is 12.5. The van der Waals surface area contributed by atoms with Crippen molar-refractivity contribution in [2.45, 2.75) is 31.9 Å². The van der Waals surface area contributed by atoms with Crippen molar-refractivity contribution in [2.24, 2.45) is 0 Å². The Morgan fingerprint density at radius 1 is 1.17 bits per heavy atom. The van der Waals surface area contributed by atoms with Crippen LogP contribution >= 0.6 is 0 Å². The Balaban J connectivity index is 2.28. The van der Waals surface area contributed by atoms with Crippen LogP contribution in [-0.4, -0.2) is 25.7 Å². The van der Waals surface area contributed by atoms with Crippen LogP contribution in [0, 0.1) is 0 Å². The molecule has 8 heteroatoms. The number of nitrogens with one attached hydrogen (secondary N) is 2. The van der Waals surface area contributed by atoms with E-state index in [0.29, 0.717) is 25.8 Å². The molecule has 0 saturated heterocycles. The summed E-state index contributed by atoms with van der Waals surface area (Å²) >= 11 is 0. The molecule has 128 valence electrons. The van der Waals surface area contributed by atoms with Crippen molar-refractivity contribution < 1.29 is 27.5 Å². The van der Waals surface area contributed by atoms with Crippen LogP contribution < -0.4 is 10.6 Å². The smallest absolute Gasteiger partial charge is 0.416 e. The summed E-state index contributed by atoms with van der Waals surface area (Å²) in [5.41, 5.74) is -0.749. The number of alkyl halides is 3. The highest BCUT2D eigenvalue weighted by atomic mass is 19.4. The SMILES string of the molecule is COC(=O)CCCCCNC(=O)Nc1cccc(C(F)(F)F)c1. The van der Waals surface area contributed by atoms with Gasteiger partial charge in [0.1, 0.15) is 0 Å². The van der Waals surface area contributed by atoms with Gasteiger partial charge in [0.25, 0.3) is 0 Å². The summed E-state index contributed by atoms with van der Waals surface area (Å²) in [6.45, 7) is 0.367. The predicted molar refractivity (Wildman–Crippen MR) is 78.9 cm³/mol. The number of methoxy groups -OCH3 is 1. The summed E-state index contributed by atoms with van der Waals surface area (Å²) in [4.78, 5) is 22.5. The topological polar surface area (TPSA) is 67.4 Å². The van der Waals surface area contributed by atoms with Gasteiger partial charge in [0.15, 0.2) is 0 Å². The van der Waals surface area contributed by atoms with Crippen molar-refractivity contribution in [3.05, 3.63) is 29.8 Å². The molecule has 0 aliphatic carbocycles. The Kier molecular flexibility index (Phi) is 7.37. The first-order valence-corrected chi connectivity index (χ1v) is 7.12. The molecule has 0 saturated carbocycles. The number of esters is 1. The van der Waals surface area contributed by atoms with Crippen LogP contribution in [0.15, 0.2) is 24.3 Å². The first-order valence-electron chi connectivity index (χ1n) is 7.12. The van der Waals surface area contributed by atoms with E-state index in [9.17, 15) is 22.8 Å². The average molecular weight is 332 g/mol. The molecule has 0 heterocycles. The molecule has 1 aromatic rings. The first kappa shape index (κ1) is 18.8. The van der Waals surface area contributed by atoms with Crippen molar-refractivity contribution in [3.63, 3.8) is 0 Å². The molecule has 0 aliphatic rings. The minimum atomic E-state index is -4.45. The van der Waals surface area contributed by atoms with Crippen LogP contribution in [0.4, 0.5) is 23.7 Å². The number of urea groups is 1. The zero-order valence-electron chi connectivity index (χ0n) is 12.7. The Morgan fingerprint density at radius 2 is 1.91 bits per heavy atom. The largest absolute Gasteiger partial charge is 0.469 e. The zero-order chi connectivity index (χ0) is 17.3. The zero-order valence-corrected chi connectivity index (χ0v) is 12.7. The molecule has 0 aliphatic heterocycles. The summed E-state index contributed by atoms with van der Waals surface area (Å²) in [5, 5.41) is 4.89. The molecule has 5 nitrogen and oxygen atoms in total. The quantitative estimate of drug-likeness (QED) is 0.592. The third-order valence-electron chi connectivity index (χ3n) is 3.02. The summed E-state index contributed by atoms with van der Waals surface area (Å²) in [6.07, 6.45) is -2.07. The molecule has 0 atom stereocenters. The number of benzene rings is 1. The number of halogens is 3. The van der Waals surface area contributed by atoms with Gasteiger partial charge in [-0.3, -0.25) is 4.79 Å². The number of carbonyl (C=O) groups excluding carboxylic acids is 2. The van der Waals surface area contributed by atoms with Crippen molar-refractivity contribution in [1.29, 1.82) is 0 Å². The number of ether oxygens (including phenoxy) is 1. The minimum absolute atomic E-state index is 0.0722. The van der Waals surface area contributed by atoms with E-state index in [-0.39, 0.29) is 11.7 Å². The minimum Gasteiger partial charge on any atom is -0.469 e. The van der Waals surface area contributed by atoms with Gasteiger partial charge in [-0.1, -0.05) is 12.5 Å². The second-order valence-corrected chi connectivity index (χ2v) is 4.85. The van der Waals surface area contributed by atoms with Crippen LogP contribution in [0.2, 0.25) is 0 Å². The summed E-state index contributed by atoms with van der Waals surface area (Å²) in [6, 6.07) is 3.84. The fraction of sp³-hybridized carbons (Fsp3) is 0.467. The van der Waals surface area contributed by atoms with E-state index in [4.69, 9.17) is 0 Å². The van der Waals surface area contributed by atoms with Crippen LogP contribution in [-0.2, 0) is 15.7 Å². The van der Waals surface area contributed by atoms with E-state index in [1.807, 2.05) is 0 Å². The molecule has 0 fully saturated rings. The number of rotatable bonds is 7. The van der Waals surface area contributed by atoms with Gasteiger partial charge in [0, 0.05) is 18.7 Å². The molecule has 0 spiro atoms. The van der Waals surface area contributed by atoms with E-state index in [2.05, 4.69) is 15.4 Å². The third-order valence-corrected chi connectivity index (χ3v) is 3.02. The molecule has 0 bridgehead atoms. The predicted octanol–water partition coefficient (Wildman–Crippen LogP) is 3.56. The van der Waals surface area contributed by atoms with E-state index in [1.165, 1.54) is 19.2 Å². The van der Waals surface area contributed by atoms with E-state index in [1.54, 1.807) is 0 Å². The van der Waals surface area contributed by atoms with Crippen molar-refractivity contribution in [3.8, 4) is 0 Å². The normalized spacial score (nSPS) is 11.0. The van der Waals surface area contributed by atoms with Crippen molar-refractivity contribution in [2.75, 3.05) is 19.0 Å². The lowest BCUT2D eigenvalue weighted by Gasteiger charge is -2.10. The molecule has 1 aromatic carbocycles. The van der Waals surface area contributed by atoms with Gasteiger partial charge < -0.3 is 15.4 Å². The van der Waals surface area contributed by atoms with Gasteiger partial charge in [0.05, 0.1) is 12.7 Å². The molecular weight excluding hydrogens is 313 g/mol. The van der Waals surface area contributed by atoms with E-state index < -0.39 is 17.8 Å². The number of carbonyl (C=O) groups is 2. The number of unbranched alkanes of at least 4 members (excludes halogenated alkanes) is 2. The molecule has 2 amide bonds. The Hall–Kier alpha value is -2.25. The van der Waals surface area contributed by atoms with Gasteiger partial charge in [-0.25, -0.2) is 4.79 Å². The number of amides is 2. The maximum atomic E-state index is 12.5. The highest BCUT2D eigenvalue weighted by Crippen LogP contribution is 2.30. The maximum Gasteiger partial charge on any atom is 0.416 e. The van der Waals surface area contributed by atoms with Gasteiger partial charge in [-0.2, -0.15) is 13.2 Å². The summed E-state index contributed by atoms with van der Waals surface area (Å²) < 4.78 is 42.1. The molecular formula is C15H19F3N2O3. The van der Waals surface area contributed by atoms with Crippen LogP contribution in [0.3, 0.4) is 0 Å². The second kappa shape index (κ2) is 9.02. The van der Waals surface area contributed by atoms with Crippen molar-refractivity contribution in [1.82, 2.24) is 5.32 Å². The Labute approximate surface area is 132 Å². The number of hydrogen-bond donors (Lipinski definition) is 2. The Bertz CT molecular complexity index is 533. The van der Waals surface area contributed by atoms with Gasteiger partial charge in [-0.15, -0.1) is 0 Å².